The molecule has 0 spiro atoms. The van der Waals surface area contributed by atoms with Crippen molar-refractivity contribution in [1.82, 2.24) is 10.2 Å². The van der Waals surface area contributed by atoms with Crippen LogP contribution in [0.15, 0.2) is 18.2 Å². The minimum absolute atomic E-state index is 0. The van der Waals surface area contributed by atoms with Crippen LogP contribution in [-0.4, -0.2) is 56.2 Å². The predicted molar refractivity (Wildman–Crippen MR) is 96.4 cm³/mol. The number of fused-ring (bicyclic) bond motifs is 1. The fourth-order valence-electron chi connectivity index (χ4n) is 3.13. The zero-order chi connectivity index (χ0) is 16.2. The molecule has 2 aliphatic rings. The second-order valence-electron chi connectivity index (χ2n) is 6.15. The van der Waals surface area contributed by atoms with Crippen LogP contribution in [0, 0.1) is 0 Å². The topological polar surface area (TPSA) is 62.8 Å². The molecule has 0 aliphatic carbocycles. The summed E-state index contributed by atoms with van der Waals surface area (Å²) < 4.78 is 11.1. The first-order valence-electron chi connectivity index (χ1n) is 8.29. The number of nitrogens with one attached hydrogen (secondary N) is 2. The van der Waals surface area contributed by atoms with E-state index in [1.54, 1.807) is 0 Å². The number of nitrogens with zero attached hydrogens (tertiary/aromatic N) is 1. The standard InChI is InChI=1S/C17H25N3O3.ClH/c1-12(20-7-3-4-14(11-20)18-2)17(21)19-13-5-6-15-16(10-13)23-9-8-22-15;/h5-6,10,12,14,18H,3-4,7-9,11H2,1-2H3,(H,19,21);1H. The lowest BCUT2D eigenvalue weighted by Gasteiger charge is -2.36. The Morgan fingerprint density at radius 2 is 2.04 bits per heavy atom. The Hall–Kier alpha value is -1.50. The number of carbonyl (C=O) groups is 1. The van der Waals surface area contributed by atoms with Gasteiger partial charge in [0.2, 0.25) is 5.91 Å². The van der Waals surface area contributed by atoms with Crippen LogP contribution in [0.1, 0.15) is 19.8 Å². The zero-order valence-electron chi connectivity index (χ0n) is 14.2. The monoisotopic (exact) mass is 355 g/mol. The van der Waals surface area contributed by atoms with Crippen LogP contribution >= 0.6 is 12.4 Å². The van der Waals surface area contributed by atoms with Gasteiger partial charge in [-0.25, -0.2) is 0 Å². The average molecular weight is 356 g/mol. The van der Waals surface area contributed by atoms with E-state index in [1.807, 2.05) is 32.2 Å². The Morgan fingerprint density at radius 1 is 1.29 bits per heavy atom. The van der Waals surface area contributed by atoms with Crippen LogP contribution in [0.2, 0.25) is 0 Å². The van der Waals surface area contributed by atoms with Gasteiger partial charge >= 0.3 is 0 Å². The van der Waals surface area contributed by atoms with E-state index in [0.717, 1.165) is 30.9 Å². The minimum atomic E-state index is -0.153. The number of rotatable bonds is 4. The van der Waals surface area contributed by atoms with E-state index in [4.69, 9.17) is 9.47 Å². The molecule has 1 amide bonds. The highest BCUT2D eigenvalue weighted by molar-refractivity contribution is 5.94. The molecule has 0 saturated carbocycles. The highest BCUT2D eigenvalue weighted by Gasteiger charge is 2.27. The summed E-state index contributed by atoms with van der Waals surface area (Å²) in [4.78, 5) is 14.8. The lowest BCUT2D eigenvalue weighted by atomic mass is 10.0. The average Bonchev–Trinajstić information content (AvgIpc) is 2.61. The molecule has 0 aromatic heterocycles. The van der Waals surface area contributed by atoms with Gasteiger partial charge in [-0.2, -0.15) is 0 Å². The van der Waals surface area contributed by atoms with Crippen LogP contribution in [-0.2, 0) is 4.79 Å². The van der Waals surface area contributed by atoms with Gasteiger partial charge in [0.15, 0.2) is 11.5 Å². The normalized spacial score (nSPS) is 21.5. The van der Waals surface area contributed by atoms with Crippen LogP contribution in [0.25, 0.3) is 0 Å². The van der Waals surface area contributed by atoms with Crippen molar-refractivity contribution < 1.29 is 14.3 Å². The fourth-order valence-corrected chi connectivity index (χ4v) is 3.13. The van der Waals surface area contributed by atoms with Crippen molar-refractivity contribution in [2.24, 2.45) is 0 Å². The number of anilines is 1. The molecule has 2 aliphatic heterocycles. The Morgan fingerprint density at radius 3 is 2.79 bits per heavy atom. The SMILES string of the molecule is CNC1CCCN(C(C)C(=O)Nc2ccc3c(c2)OCCO3)C1.Cl. The molecule has 2 unspecified atom stereocenters. The molecular formula is C17H26ClN3O3. The number of ether oxygens (including phenoxy) is 2. The van der Waals surface area contributed by atoms with Gasteiger partial charge in [0, 0.05) is 24.3 Å². The van der Waals surface area contributed by atoms with Crippen molar-refractivity contribution >= 4 is 24.0 Å². The number of hydrogen-bond donors (Lipinski definition) is 2. The second kappa shape index (κ2) is 8.55. The summed E-state index contributed by atoms with van der Waals surface area (Å²) >= 11 is 0. The van der Waals surface area contributed by atoms with Crippen molar-refractivity contribution in [2.75, 3.05) is 38.7 Å². The van der Waals surface area contributed by atoms with Gasteiger partial charge in [0.05, 0.1) is 6.04 Å². The van der Waals surface area contributed by atoms with E-state index in [2.05, 4.69) is 15.5 Å². The first-order chi connectivity index (χ1) is 11.2. The first-order valence-corrected chi connectivity index (χ1v) is 8.29. The summed E-state index contributed by atoms with van der Waals surface area (Å²) in [6, 6.07) is 5.83. The van der Waals surface area contributed by atoms with Gasteiger partial charge in [0.25, 0.3) is 0 Å². The third-order valence-corrected chi connectivity index (χ3v) is 4.60. The molecule has 2 heterocycles. The van der Waals surface area contributed by atoms with Crippen molar-refractivity contribution in [1.29, 1.82) is 0 Å². The van der Waals surface area contributed by atoms with Crippen molar-refractivity contribution in [3.05, 3.63) is 18.2 Å². The third-order valence-electron chi connectivity index (χ3n) is 4.60. The molecule has 24 heavy (non-hydrogen) atoms. The van der Waals surface area contributed by atoms with Crippen molar-refractivity contribution in [3.63, 3.8) is 0 Å². The lowest BCUT2D eigenvalue weighted by Crippen LogP contribution is -2.51. The number of piperidine rings is 1. The van der Waals surface area contributed by atoms with E-state index in [9.17, 15) is 4.79 Å². The highest BCUT2D eigenvalue weighted by Crippen LogP contribution is 2.32. The van der Waals surface area contributed by atoms with Crippen LogP contribution in [0.5, 0.6) is 11.5 Å². The summed E-state index contributed by atoms with van der Waals surface area (Å²) in [5.41, 5.74) is 0.744. The Labute approximate surface area is 149 Å². The maximum atomic E-state index is 12.5. The van der Waals surface area contributed by atoms with Gasteiger partial charge in [-0.1, -0.05) is 0 Å². The highest BCUT2D eigenvalue weighted by atomic mass is 35.5. The number of halogens is 1. The largest absolute Gasteiger partial charge is 0.486 e. The molecule has 1 aromatic carbocycles. The van der Waals surface area contributed by atoms with Crippen LogP contribution < -0.4 is 20.1 Å². The van der Waals surface area contributed by atoms with Gasteiger partial charge < -0.3 is 20.1 Å². The summed E-state index contributed by atoms with van der Waals surface area (Å²) in [6.45, 7) is 4.95. The molecule has 2 N–H and O–H groups in total. The van der Waals surface area contributed by atoms with Gasteiger partial charge in [-0.05, 0) is 45.5 Å². The molecule has 134 valence electrons. The second-order valence-corrected chi connectivity index (χ2v) is 6.15. The summed E-state index contributed by atoms with van der Waals surface area (Å²) in [5, 5.41) is 6.29. The fraction of sp³-hybridized carbons (Fsp3) is 0.588. The molecule has 7 heteroatoms. The number of amides is 1. The Kier molecular flexibility index (Phi) is 6.71. The van der Waals surface area contributed by atoms with Gasteiger partial charge in [0.1, 0.15) is 13.2 Å². The van der Waals surface area contributed by atoms with E-state index in [1.165, 1.54) is 6.42 Å². The predicted octanol–water partition coefficient (Wildman–Crippen LogP) is 1.89. The maximum absolute atomic E-state index is 12.5. The Bertz CT molecular complexity index is 570. The van der Waals surface area contributed by atoms with Gasteiger partial charge in [-0.3, -0.25) is 9.69 Å². The number of likely N-dealkylation sites (N-methyl/N-ethyl adjacent to an activating group) is 1. The van der Waals surface area contributed by atoms with E-state index in [-0.39, 0.29) is 24.4 Å². The lowest BCUT2D eigenvalue weighted by molar-refractivity contribution is -0.121. The van der Waals surface area contributed by atoms with Crippen molar-refractivity contribution in [2.45, 2.75) is 31.8 Å². The van der Waals surface area contributed by atoms with Crippen molar-refractivity contribution in [3.8, 4) is 11.5 Å². The molecule has 6 nitrogen and oxygen atoms in total. The molecule has 1 saturated heterocycles. The Balaban J connectivity index is 0.00000208. The maximum Gasteiger partial charge on any atom is 0.241 e. The number of benzene rings is 1. The van der Waals surface area contributed by atoms with E-state index in [0.29, 0.717) is 25.0 Å². The number of likely N-dealkylation sites (tertiary alicyclic amines) is 1. The smallest absolute Gasteiger partial charge is 0.241 e. The van der Waals surface area contributed by atoms with Gasteiger partial charge in [-0.15, -0.1) is 12.4 Å². The molecule has 3 rings (SSSR count). The molecule has 1 fully saturated rings. The minimum Gasteiger partial charge on any atom is -0.486 e. The van der Waals surface area contributed by atoms with E-state index >= 15 is 0 Å². The zero-order valence-corrected chi connectivity index (χ0v) is 15.0. The summed E-state index contributed by atoms with van der Waals surface area (Å²) in [7, 11) is 1.98. The molecule has 1 aromatic rings. The quantitative estimate of drug-likeness (QED) is 0.863. The third kappa shape index (κ3) is 4.32. The first kappa shape index (κ1) is 18.8. The van der Waals surface area contributed by atoms with Crippen LogP contribution in [0.4, 0.5) is 5.69 Å². The number of hydrogen-bond acceptors (Lipinski definition) is 5. The molecular weight excluding hydrogens is 330 g/mol. The van der Waals surface area contributed by atoms with Crippen LogP contribution in [0.3, 0.4) is 0 Å². The molecule has 2 atom stereocenters. The molecule has 0 bridgehead atoms. The summed E-state index contributed by atoms with van der Waals surface area (Å²) in [6.07, 6.45) is 2.29. The van der Waals surface area contributed by atoms with E-state index < -0.39 is 0 Å². The summed E-state index contributed by atoms with van der Waals surface area (Å²) in [5.74, 6) is 1.43. The molecule has 0 radical (unpaired) electrons. The number of carbonyl (C=O) groups excluding carboxylic acids is 1.